The van der Waals surface area contributed by atoms with Gasteiger partial charge in [0.1, 0.15) is 5.82 Å². The van der Waals surface area contributed by atoms with E-state index in [0.29, 0.717) is 12.8 Å². The number of ether oxygens (including phenoxy) is 1. The molecule has 0 spiro atoms. The first-order valence-corrected chi connectivity index (χ1v) is 9.13. The first-order chi connectivity index (χ1) is 12.6. The van der Waals surface area contributed by atoms with Crippen molar-refractivity contribution in [1.29, 1.82) is 0 Å². The van der Waals surface area contributed by atoms with E-state index in [1.807, 2.05) is 20.8 Å². The number of hydrogen-bond donors (Lipinski definition) is 2. The van der Waals surface area contributed by atoms with Crippen LogP contribution in [-0.2, 0) is 19.1 Å². The number of esters is 1. The summed E-state index contributed by atoms with van der Waals surface area (Å²) in [6, 6.07) is 5.45. The molecule has 1 aromatic rings. The molecule has 0 unspecified atom stereocenters. The van der Waals surface area contributed by atoms with Crippen LogP contribution in [0.5, 0.6) is 0 Å². The lowest BCUT2D eigenvalue weighted by Gasteiger charge is -2.28. The average molecular weight is 378 g/mol. The molecule has 0 saturated heterocycles. The molecule has 1 saturated carbocycles. The van der Waals surface area contributed by atoms with Gasteiger partial charge in [-0.05, 0) is 51.8 Å². The minimum atomic E-state index is -0.880. The molecule has 1 aliphatic rings. The lowest BCUT2D eigenvalue weighted by molar-refractivity contribution is -0.160. The molecule has 27 heavy (non-hydrogen) atoms. The quantitative estimate of drug-likeness (QED) is 0.745. The highest BCUT2D eigenvalue weighted by atomic mass is 19.1. The van der Waals surface area contributed by atoms with Crippen LogP contribution in [0.3, 0.4) is 0 Å². The number of benzene rings is 1. The molecule has 148 valence electrons. The Hall–Kier alpha value is -2.44. The summed E-state index contributed by atoms with van der Waals surface area (Å²) in [5.74, 6) is -1.76. The Morgan fingerprint density at radius 2 is 1.81 bits per heavy atom. The first kappa shape index (κ1) is 20.9. The van der Waals surface area contributed by atoms with Gasteiger partial charge in [0.15, 0.2) is 6.61 Å². The van der Waals surface area contributed by atoms with E-state index in [-0.39, 0.29) is 23.6 Å². The van der Waals surface area contributed by atoms with E-state index >= 15 is 0 Å². The van der Waals surface area contributed by atoms with Gasteiger partial charge < -0.3 is 15.4 Å². The SMILES string of the molecule is CC(C)(C)NC(=O)CC1(C(=O)OCC(=O)Nc2cccc(F)c2)CCCC1. The van der Waals surface area contributed by atoms with E-state index in [4.69, 9.17) is 4.74 Å². The topological polar surface area (TPSA) is 84.5 Å². The van der Waals surface area contributed by atoms with Gasteiger partial charge in [-0.15, -0.1) is 0 Å². The van der Waals surface area contributed by atoms with Crippen molar-refractivity contribution < 1.29 is 23.5 Å². The summed E-state index contributed by atoms with van der Waals surface area (Å²) in [5.41, 5.74) is -0.976. The number of carbonyl (C=O) groups excluding carboxylic acids is 3. The number of hydrogen-bond acceptors (Lipinski definition) is 4. The molecule has 0 aromatic heterocycles. The van der Waals surface area contributed by atoms with E-state index in [9.17, 15) is 18.8 Å². The maximum Gasteiger partial charge on any atom is 0.313 e. The number of rotatable bonds is 6. The summed E-state index contributed by atoms with van der Waals surface area (Å²) in [4.78, 5) is 36.9. The lowest BCUT2D eigenvalue weighted by Crippen LogP contribution is -2.44. The van der Waals surface area contributed by atoms with Crippen LogP contribution in [0, 0.1) is 11.2 Å². The van der Waals surface area contributed by atoms with Crippen molar-refractivity contribution in [3.8, 4) is 0 Å². The Kier molecular flexibility index (Phi) is 6.57. The summed E-state index contributed by atoms with van der Waals surface area (Å²) in [6.45, 7) is 5.15. The molecule has 1 fully saturated rings. The maximum atomic E-state index is 13.2. The van der Waals surface area contributed by atoms with Crippen LogP contribution >= 0.6 is 0 Å². The van der Waals surface area contributed by atoms with Crippen LogP contribution in [0.1, 0.15) is 52.9 Å². The highest BCUT2D eigenvalue weighted by Gasteiger charge is 2.44. The molecule has 0 radical (unpaired) electrons. The molecule has 0 heterocycles. The Bertz CT molecular complexity index is 706. The fourth-order valence-electron chi connectivity index (χ4n) is 3.32. The molecule has 2 amide bonds. The van der Waals surface area contributed by atoms with Crippen molar-refractivity contribution >= 4 is 23.5 Å². The van der Waals surface area contributed by atoms with Gasteiger partial charge in [-0.2, -0.15) is 0 Å². The van der Waals surface area contributed by atoms with Crippen molar-refractivity contribution in [3.63, 3.8) is 0 Å². The minimum Gasteiger partial charge on any atom is -0.455 e. The third kappa shape index (κ3) is 6.34. The second-order valence-electron chi connectivity index (χ2n) is 8.10. The van der Waals surface area contributed by atoms with Gasteiger partial charge in [-0.3, -0.25) is 14.4 Å². The summed E-state index contributed by atoms with van der Waals surface area (Å²) < 4.78 is 18.4. The van der Waals surface area contributed by atoms with Crippen LogP contribution < -0.4 is 10.6 Å². The van der Waals surface area contributed by atoms with Crippen molar-refractivity contribution in [2.45, 2.75) is 58.4 Å². The molecule has 0 bridgehead atoms. The van der Waals surface area contributed by atoms with Crippen LogP contribution in [0.4, 0.5) is 10.1 Å². The molecule has 0 atom stereocenters. The normalized spacial score (nSPS) is 15.9. The van der Waals surface area contributed by atoms with E-state index in [0.717, 1.165) is 12.8 Å². The van der Waals surface area contributed by atoms with Crippen LogP contribution in [0.2, 0.25) is 0 Å². The number of anilines is 1. The largest absolute Gasteiger partial charge is 0.455 e. The summed E-state index contributed by atoms with van der Waals surface area (Å²) in [6.07, 6.45) is 2.86. The Labute approximate surface area is 158 Å². The highest BCUT2D eigenvalue weighted by Crippen LogP contribution is 2.42. The fourth-order valence-corrected chi connectivity index (χ4v) is 3.32. The zero-order valence-electron chi connectivity index (χ0n) is 16.1. The molecular weight excluding hydrogens is 351 g/mol. The standard InChI is InChI=1S/C20H27FN2O4/c1-19(2,3)23-16(24)12-20(9-4-5-10-20)18(26)27-13-17(25)22-15-8-6-7-14(21)11-15/h6-8,11H,4-5,9-10,12-13H2,1-3H3,(H,22,25)(H,23,24). The van der Waals surface area contributed by atoms with Crippen LogP contribution in [0.15, 0.2) is 24.3 Å². The monoisotopic (exact) mass is 378 g/mol. The van der Waals surface area contributed by atoms with Crippen LogP contribution in [-0.4, -0.2) is 29.9 Å². The molecule has 2 rings (SSSR count). The van der Waals surface area contributed by atoms with E-state index in [1.165, 1.54) is 24.3 Å². The molecule has 0 aliphatic heterocycles. The average Bonchev–Trinajstić information content (AvgIpc) is 3.00. The van der Waals surface area contributed by atoms with Crippen molar-refractivity contribution in [3.05, 3.63) is 30.1 Å². The molecule has 7 heteroatoms. The van der Waals surface area contributed by atoms with Gasteiger partial charge in [0.2, 0.25) is 5.91 Å². The second-order valence-corrected chi connectivity index (χ2v) is 8.10. The van der Waals surface area contributed by atoms with Gasteiger partial charge in [0.05, 0.1) is 5.41 Å². The summed E-state index contributed by atoms with van der Waals surface area (Å²) in [5, 5.41) is 5.34. The Morgan fingerprint density at radius 3 is 2.41 bits per heavy atom. The molecule has 1 aromatic carbocycles. The zero-order chi connectivity index (χ0) is 20.1. The smallest absolute Gasteiger partial charge is 0.313 e. The van der Waals surface area contributed by atoms with E-state index in [1.54, 1.807) is 0 Å². The van der Waals surface area contributed by atoms with Gasteiger partial charge in [-0.25, -0.2) is 4.39 Å². The highest BCUT2D eigenvalue weighted by molar-refractivity contribution is 5.93. The third-order valence-corrected chi connectivity index (χ3v) is 4.45. The zero-order valence-corrected chi connectivity index (χ0v) is 16.1. The molecule has 2 N–H and O–H groups in total. The maximum absolute atomic E-state index is 13.2. The number of nitrogens with one attached hydrogen (secondary N) is 2. The van der Waals surface area contributed by atoms with Gasteiger partial charge in [0.25, 0.3) is 5.91 Å². The predicted molar refractivity (Wildman–Crippen MR) is 99.4 cm³/mol. The van der Waals surface area contributed by atoms with E-state index in [2.05, 4.69) is 10.6 Å². The summed E-state index contributed by atoms with van der Waals surface area (Å²) in [7, 11) is 0. The Morgan fingerprint density at radius 1 is 1.15 bits per heavy atom. The second kappa shape index (κ2) is 8.50. The predicted octanol–water partition coefficient (Wildman–Crippen LogP) is 3.17. The van der Waals surface area contributed by atoms with Gasteiger partial charge >= 0.3 is 5.97 Å². The van der Waals surface area contributed by atoms with Gasteiger partial charge in [-0.1, -0.05) is 18.9 Å². The molecule has 1 aliphatic carbocycles. The van der Waals surface area contributed by atoms with Crippen molar-refractivity contribution in [2.24, 2.45) is 5.41 Å². The van der Waals surface area contributed by atoms with E-state index < -0.39 is 29.7 Å². The minimum absolute atomic E-state index is 0.0502. The first-order valence-electron chi connectivity index (χ1n) is 9.13. The number of halogens is 1. The summed E-state index contributed by atoms with van der Waals surface area (Å²) >= 11 is 0. The van der Waals surface area contributed by atoms with Crippen molar-refractivity contribution in [2.75, 3.05) is 11.9 Å². The molecular formula is C20H27FN2O4. The fraction of sp³-hybridized carbons (Fsp3) is 0.550. The Balaban J connectivity index is 1.92. The lowest BCUT2D eigenvalue weighted by atomic mass is 9.82. The van der Waals surface area contributed by atoms with Gasteiger partial charge in [0, 0.05) is 17.6 Å². The third-order valence-electron chi connectivity index (χ3n) is 4.45. The van der Waals surface area contributed by atoms with Crippen molar-refractivity contribution in [1.82, 2.24) is 5.32 Å². The number of amides is 2. The molecule has 6 nitrogen and oxygen atoms in total. The number of carbonyl (C=O) groups is 3. The van der Waals surface area contributed by atoms with Crippen LogP contribution in [0.25, 0.3) is 0 Å².